The number of fused-ring (bicyclic) bond motifs is 1. The maximum atomic E-state index is 11.9. The molecule has 0 saturated carbocycles. The summed E-state index contributed by atoms with van der Waals surface area (Å²) in [5.74, 6) is 0.556. The SMILES string of the molecule is CCOC(=O)C1=C(C)Cc2nnnn2C1CC. The highest BCUT2D eigenvalue weighted by molar-refractivity contribution is 5.90. The molecule has 1 aliphatic heterocycles. The first-order chi connectivity index (χ1) is 8.19. The molecule has 6 heteroatoms. The van der Waals surface area contributed by atoms with Gasteiger partial charge in [-0.2, -0.15) is 0 Å². The average Bonchev–Trinajstić information content (AvgIpc) is 2.74. The van der Waals surface area contributed by atoms with Crippen LogP contribution in [-0.2, 0) is 16.0 Å². The molecule has 1 unspecified atom stereocenters. The third-order valence-corrected chi connectivity index (χ3v) is 2.95. The molecule has 1 aromatic heterocycles. The Kier molecular flexibility index (Phi) is 3.21. The van der Waals surface area contributed by atoms with E-state index in [9.17, 15) is 4.79 Å². The van der Waals surface area contributed by atoms with Crippen LogP contribution in [0, 0.1) is 0 Å². The Morgan fingerprint density at radius 3 is 2.94 bits per heavy atom. The zero-order chi connectivity index (χ0) is 12.4. The lowest BCUT2D eigenvalue weighted by molar-refractivity contribution is -0.139. The minimum Gasteiger partial charge on any atom is -0.463 e. The van der Waals surface area contributed by atoms with Gasteiger partial charge >= 0.3 is 5.97 Å². The summed E-state index contributed by atoms with van der Waals surface area (Å²) in [6, 6.07) is -0.104. The van der Waals surface area contributed by atoms with Crippen LogP contribution in [-0.4, -0.2) is 32.8 Å². The third-order valence-electron chi connectivity index (χ3n) is 2.95. The lowest BCUT2D eigenvalue weighted by Crippen LogP contribution is -2.27. The number of aromatic nitrogens is 4. The molecule has 0 N–H and O–H groups in total. The molecule has 2 heterocycles. The molecule has 0 amide bonds. The highest BCUT2D eigenvalue weighted by atomic mass is 16.5. The second-order valence-electron chi connectivity index (χ2n) is 4.05. The van der Waals surface area contributed by atoms with Crippen LogP contribution in [0.5, 0.6) is 0 Å². The summed E-state index contributed by atoms with van der Waals surface area (Å²) in [4.78, 5) is 11.9. The van der Waals surface area contributed by atoms with Crippen molar-refractivity contribution in [2.45, 2.75) is 39.7 Å². The molecule has 0 aliphatic carbocycles. The lowest BCUT2D eigenvalue weighted by atomic mass is 9.94. The molecule has 1 aliphatic rings. The van der Waals surface area contributed by atoms with Gasteiger partial charge in [0.05, 0.1) is 18.2 Å². The number of ether oxygens (including phenoxy) is 1. The van der Waals surface area contributed by atoms with Gasteiger partial charge in [0.2, 0.25) is 0 Å². The first kappa shape index (κ1) is 11.8. The van der Waals surface area contributed by atoms with Crippen molar-refractivity contribution in [1.82, 2.24) is 20.2 Å². The topological polar surface area (TPSA) is 69.9 Å². The van der Waals surface area contributed by atoms with Gasteiger partial charge in [0.25, 0.3) is 0 Å². The van der Waals surface area contributed by atoms with E-state index in [0.29, 0.717) is 18.6 Å². The van der Waals surface area contributed by atoms with Crippen molar-refractivity contribution in [1.29, 1.82) is 0 Å². The van der Waals surface area contributed by atoms with E-state index in [1.54, 1.807) is 11.6 Å². The molecule has 92 valence electrons. The van der Waals surface area contributed by atoms with Crippen LogP contribution in [0.1, 0.15) is 39.1 Å². The van der Waals surface area contributed by atoms with Crippen molar-refractivity contribution in [3.63, 3.8) is 0 Å². The van der Waals surface area contributed by atoms with Crippen molar-refractivity contribution in [2.24, 2.45) is 0 Å². The Balaban J connectivity index is 2.39. The first-order valence-corrected chi connectivity index (χ1v) is 5.82. The van der Waals surface area contributed by atoms with Crippen molar-refractivity contribution < 1.29 is 9.53 Å². The van der Waals surface area contributed by atoms with E-state index in [0.717, 1.165) is 17.8 Å². The number of tetrazole rings is 1. The standard InChI is InChI=1S/C11H16N4O2/c1-4-8-10(11(16)17-5-2)7(3)6-9-12-13-14-15(8)9/h8H,4-6H2,1-3H3. The van der Waals surface area contributed by atoms with Gasteiger partial charge in [0.1, 0.15) is 0 Å². The Hall–Kier alpha value is -1.72. The van der Waals surface area contributed by atoms with Gasteiger partial charge in [-0.15, -0.1) is 5.10 Å². The molecule has 1 atom stereocenters. The van der Waals surface area contributed by atoms with Gasteiger partial charge in [-0.25, -0.2) is 9.48 Å². The lowest BCUT2D eigenvalue weighted by Gasteiger charge is -2.25. The van der Waals surface area contributed by atoms with E-state index >= 15 is 0 Å². The van der Waals surface area contributed by atoms with Crippen LogP contribution in [0.25, 0.3) is 0 Å². The van der Waals surface area contributed by atoms with Crippen molar-refractivity contribution in [2.75, 3.05) is 6.61 Å². The number of allylic oxidation sites excluding steroid dienone is 1. The van der Waals surface area contributed by atoms with E-state index in [1.807, 2.05) is 13.8 Å². The predicted molar refractivity (Wildman–Crippen MR) is 60.2 cm³/mol. The predicted octanol–water partition coefficient (Wildman–Crippen LogP) is 1.06. The summed E-state index contributed by atoms with van der Waals surface area (Å²) in [5.41, 5.74) is 1.70. The molecule has 17 heavy (non-hydrogen) atoms. The van der Waals surface area contributed by atoms with Crippen LogP contribution in [0.3, 0.4) is 0 Å². The first-order valence-electron chi connectivity index (χ1n) is 5.82. The van der Waals surface area contributed by atoms with E-state index in [1.165, 1.54) is 0 Å². The third kappa shape index (κ3) is 1.94. The summed E-state index contributed by atoms with van der Waals surface area (Å²) in [6.45, 7) is 6.13. The maximum absolute atomic E-state index is 11.9. The number of carbonyl (C=O) groups is 1. The number of esters is 1. The van der Waals surface area contributed by atoms with Crippen LogP contribution >= 0.6 is 0 Å². The number of hydrogen-bond acceptors (Lipinski definition) is 5. The number of carbonyl (C=O) groups excluding carboxylic acids is 1. The van der Waals surface area contributed by atoms with Gasteiger partial charge in [-0.05, 0) is 30.7 Å². The Labute approximate surface area is 99.6 Å². The smallest absolute Gasteiger partial charge is 0.336 e. The summed E-state index contributed by atoms with van der Waals surface area (Å²) < 4.78 is 6.82. The molecule has 0 bridgehead atoms. The van der Waals surface area contributed by atoms with Crippen molar-refractivity contribution in [3.8, 4) is 0 Å². The fourth-order valence-corrected chi connectivity index (χ4v) is 2.21. The van der Waals surface area contributed by atoms with E-state index < -0.39 is 0 Å². The second-order valence-corrected chi connectivity index (χ2v) is 4.05. The fraction of sp³-hybridized carbons (Fsp3) is 0.636. The number of rotatable bonds is 3. The fourth-order valence-electron chi connectivity index (χ4n) is 2.21. The average molecular weight is 236 g/mol. The molecule has 0 radical (unpaired) electrons. The quantitative estimate of drug-likeness (QED) is 0.734. The monoisotopic (exact) mass is 236 g/mol. The second kappa shape index (κ2) is 4.65. The largest absolute Gasteiger partial charge is 0.463 e. The summed E-state index contributed by atoms with van der Waals surface area (Å²) in [7, 11) is 0. The Bertz CT molecular complexity index is 464. The van der Waals surface area contributed by atoms with E-state index in [2.05, 4.69) is 15.5 Å². The molecule has 2 rings (SSSR count). The molecule has 6 nitrogen and oxygen atoms in total. The van der Waals surface area contributed by atoms with Crippen molar-refractivity contribution in [3.05, 3.63) is 17.0 Å². The Morgan fingerprint density at radius 2 is 2.29 bits per heavy atom. The number of hydrogen-bond donors (Lipinski definition) is 0. The van der Waals surface area contributed by atoms with E-state index in [-0.39, 0.29) is 12.0 Å². The highest BCUT2D eigenvalue weighted by Crippen LogP contribution is 2.31. The summed E-state index contributed by atoms with van der Waals surface area (Å²) in [6.07, 6.45) is 1.38. The molecule has 1 aromatic rings. The normalized spacial score (nSPS) is 19.1. The van der Waals surface area contributed by atoms with Crippen LogP contribution in [0.4, 0.5) is 0 Å². The van der Waals surface area contributed by atoms with E-state index in [4.69, 9.17) is 4.74 Å². The molecule has 0 spiro atoms. The van der Waals surface area contributed by atoms with Crippen LogP contribution in [0.15, 0.2) is 11.1 Å². The zero-order valence-corrected chi connectivity index (χ0v) is 10.3. The summed E-state index contributed by atoms with van der Waals surface area (Å²) >= 11 is 0. The van der Waals surface area contributed by atoms with Gasteiger partial charge in [-0.1, -0.05) is 12.5 Å². The van der Waals surface area contributed by atoms with Crippen LogP contribution in [0.2, 0.25) is 0 Å². The van der Waals surface area contributed by atoms with Gasteiger partial charge < -0.3 is 4.74 Å². The van der Waals surface area contributed by atoms with Crippen LogP contribution < -0.4 is 0 Å². The molecule has 0 fully saturated rings. The molecular weight excluding hydrogens is 220 g/mol. The maximum Gasteiger partial charge on any atom is 0.336 e. The highest BCUT2D eigenvalue weighted by Gasteiger charge is 2.31. The zero-order valence-electron chi connectivity index (χ0n) is 10.3. The van der Waals surface area contributed by atoms with Gasteiger partial charge in [0.15, 0.2) is 5.82 Å². The Morgan fingerprint density at radius 1 is 1.53 bits per heavy atom. The molecule has 0 saturated heterocycles. The number of nitrogens with zero attached hydrogens (tertiary/aromatic N) is 4. The van der Waals surface area contributed by atoms with Crippen molar-refractivity contribution >= 4 is 5.97 Å². The van der Waals surface area contributed by atoms with Gasteiger partial charge in [-0.3, -0.25) is 0 Å². The molecule has 0 aromatic carbocycles. The molecular formula is C11H16N4O2. The summed E-state index contributed by atoms with van der Waals surface area (Å²) in [5, 5.41) is 11.6. The minimum absolute atomic E-state index is 0.104. The van der Waals surface area contributed by atoms with Gasteiger partial charge in [0, 0.05) is 6.42 Å². The minimum atomic E-state index is -0.252.